The van der Waals surface area contributed by atoms with E-state index in [-0.39, 0.29) is 17.4 Å². The van der Waals surface area contributed by atoms with Gasteiger partial charge in [0.25, 0.3) is 0 Å². The Morgan fingerprint density at radius 1 is 1.06 bits per heavy atom. The highest BCUT2D eigenvalue weighted by molar-refractivity contribution is 6.18. The SMILES string of the molecule is C[C@@]12CC[C@@H]3c4ccc(O)cc4CC[C@@H]3[C@@H]1CC[C@@H]2NC(=O)Cc1ccc(N(CCCl)CCCl)cc1. The number of carbonyl (C=O) groups is 1. The van der Waals surface area contributed by atoms with E-state index in [9.17, 15) is 9.90 Å². The first-order valence-electron chi connectivity index (χ1n) is 13.5. The number of hydrogen-bond donors (Lipinski definition) is 2. The van der Waals surface area contributed by atoms with Crippen LogP contribution in [0.4, 0.5) is 5.69 Å². The quantitative estimate of drug-likeness (QED) is 0.397. The van der Waals surface area contributed by atoms with E-state index >= 15 is 0 Å². The van der Waals surface area contributed by atoms with Gasteiger partial charge in [-0.2, -0.15) is 0 Å². The standard InChI is InChI=1S/C30H38Cl2N2O2/c1-30-13-12-25-24-9-7-23(35)19-21(24)4-8-26(25)27(30)10-11-28(30)33-29(36)18-20-2-5-22(6-3-20)34(16-14-31)17-15-32/h2-3,5-7,9,19,25-28,35H,4,8,10-18H2,1H3,(H,33,36)/t25-,26+,27+,28+,30-/m1/s1. The molecule has 3 aliphatic carbocycles. The number of amides is 1. The lowest BCUT2D eigenvalue weighted by Gasteiger charge is -2.51. The molecule has 0 spiro atoms. The van der Waals surface area contributed by atoms with E-state index in [1.807, 2.05) is 24.3 Å². The van der Waals surface area contributed by atoms with Gasteiger partial charge in [0.05, 0.1) is 6.42 Å². The van der Waals surface area contributed by atoms with Gasteiger partial charge in [-0.05, 0) is 103 Å². The topological polar surface area (TPSA) is 52.6 Å². The van der Waals surface area contributed by atoms with Crippen LogP contribution in [0.2, 0.25) is 0 Å². The zero-order chi connectivity index (χ0) is 25.3. The number of rotatable bonds is 8. The Balaban J connectivity index is 1.22. The molecule has 2 N–H and O–H groups in total. The Kier molecular flexibility index (Phi) is 7.74. The molecule has 0 aromatic heterocycles. The third-order valence-corrected chi connectivity index (χ3v) is 9.76. The molecule has 4 nitrogen and oxygen atoms in total. The summed E-state index contributed by atoms with van der Waals surface area (Å²) >= 11 is 11.9. The number of anilines is 1. The third-order valence-electron chi connectivity index (χ3n) is 9.42. The van der Waals surface area contributed by atoms with Gasteiger partial charge in [0.2, 0.25) is 5.91 Å². The normalized spacial score (nSPS) is 28.6. The molecule has 1 amide bonds. The Bertz CT molecular complexity index is 1070. The lowest BCUT2D eigenvalue weighted by atomic mass is 9.55. The van der Waals surface area contributed by atoms with Gasteiger partial charge in [-0.3, -0.25) is 4.79 Å². The maximum absolute atomic E-state index is 13.1. The number of carbonyl (C=O) groups excluding carboxylic acids is 1. The summed E-state index contributed by atoms with van der Waals surface area (Å²) in [5.41, 5.74) is 5.08. The summed E-state index contributed by atoms with van der Waals surface area (Å²) < 4.78 is 0. The maximum atomic E-state index is 13.1. The van der Waals surface area contributed by atoms with Gasteiger partial charge in [-0.1, -0.05) is 25.1 Å². The second-order valence-electron chi connectivity index (χ2n) is 11.2. The van der Waals surface area contributed by atoms with Crippen LogP contribution in [0.5, 0.6) is 5.75 Å². The minimum Gasteiger partial charge on any atom is -0.508 e. The van der Waals surface area contributed by atoms with E-state index in [0.29, 0.717) is 41.7 Å². The van der Waals surface area contributed by atoms with Gasteiger partial charge in [0.15, 0.2) is 0 Å². The van der Waals surface area contributed by atoms with Crippen LogP contribution in [0.1, 0.15) is 61.6 Å². The van der Waals surface area contributed by atoms with Crippen molar-refractivity contribution < 1.29 is 9.90 Å². The van der Waals surface area contributed by atoms with Crippen LogP contribution in [0.15, 0.2) is 42.5 Å². The first-order valence-corrected chi connectivity index (χ1v) is 14.6. The van der Waals surface area contributed by atoms with E-state index in [1.165, 1.54) is 30.4 Å². The fraction of sp³-hybridized carbons (Fsp3) is 0.567. The zero-order valence-corrected chi connectivity index (χ0v) is 22.7. The Labute approximate surface area is 225 Å². The molecule has 3 aliphatic rings. The van der Waals surface area contributed by atoms with Crippen LogP contribution >= 0.6 is 23.2 Å². The highest BCUT2D eigenvalue weighted by Gasteiger charge is 2.55. The third kappa shape index (κ3) is 4.96. The number of fused-ring (bicyclic) bond motifs is 5. The average molecular weight is 530 g/mol. The Morgan fingerprint density at radius 3 is 2.53 bits per heavy atom. The molecule has 36 heavy (non-hydrogen) atoms. The summed E-state index contributed by atoms with van der Waals surface area (Å²) in [5, 5.41) is 13.4. The summed E-state index contributed by atoms with van der Waals surface area (Å²) in [5.74, 6) is 3.54. The molecule has 194 valence electrons. The molecule has 0 unspecified atom stereocenters. The molecule has 0 radical (unpaired) electrons. The lowest BCUT2D eigenvalue weighted by Crippen LogP contribution is -2.50. The molecule has 6 heteroatoms. The van der Waals surface area contributed by atoms with Gasteiger partial charge in [0, 0.05) is 36.6 Å². The van der Waals surface area contributed by atoms with E-state index in [4.69, 9.17) is 23.2 Å². The van der Waals surface area contributed by atoms with E-state index in [1.54, 1.807) is 0 Å². The molecule has 0 saturated heterocycles. The fourth-order valence-corrected chi connectivity index (χ4v) is 8.04. The number of phenolic OH excluding ortho intramolecular Hbond substituents is 1. The number of nitrogens with zero attached hydrogens (tertiary/aromatic N) is 1. The van der Waals surface area contributed by atoms with Gasteiger partial charge >= 0.3 is 0 Å². The van der Waals surface area contributed by atoms with Crippen LogP contribution in [-0.2, 0) is 17.6 Å². The van der Waals surface area contributed by atoms with Gasteiger partial charge in [-0.15, -0.1) is 23.2 Å². The van der Waals surface area contributed by atoms with Crippen LogP contribution in [0.3, 0.4) is 0 Å². The molecule has 5 rings (SSSR count). The van der Waals surface area contributed by atoms with Gasteiger partial charge in [-0.25, -0.2) is 0 Å². The first kappa shape index (κ1) is 25.7. The number of nitrogens with one attached hydrogen (secondary N) is 1. The van der Waals surface area contributed by atoms with Crippen molar-refractivity contribution in [2.24, 2.45) is 17.3 Å². The monoisotopic (exact) mass is 528 g/mol. The molecular weight excluding hydrogens is 491 g/mol. The Hall–Kier alpha value is -1.91. The second kappa shape index (κ2) is 10.8. The summed E-state index contributed by atoms with van der Waals surface area (Å²) in [4.78, 5) is 15.3. The number of phenols is 1. The minimum absolute atomic E-state index is 0.125. The molecular formula is C30H38Cl2N2O2. The molecule has 0 heterocycles. The lowest BCUT2D eigenvalue weighted by molar-refractivity contribution is -0.122. The molecule has 2 aromatic carbocycles. The summed E-state index contributed by atoms with van der Waals surface area (Å²) in [6, 6.07) is 14.5. The van der Waals surface area contributed by atoms with Crippen molar-refractivity contribution in [3.63, 3.8) is 0 Å². The fourth-order valence-electron chi connectivity index (χ4n) is 7.64. The Morgan fingerprint density at radius 2 is 1.81 bits per heavy atom. The molecule has 0 bridgehead atoms. The van der Waals surface area contributed by atoms with Crippen LogP contribution in [0, 0.1) is 17.3 Å². The summed E-state index contributed by atoms with van der Waals surface area (Å²) in [6.45, 7) is 3.94. The second-order valence-corrected chi connectivity index (χ2v) is 12.0. The van der Waals surface area contributed by atoms with Crippen molar-refractivity contribution in [3.05, 3.63) is 59.2 Å². The highest BCUT2D eigenvalue weighted by atomic mass is 35.5. The highest BCUT2D eigenvalue weighted by Crippen LogP contribution is 2.61. The maximum Gasteiger partial charge on any atom is 0.224 e. The van der Waals surface area contributed by atoms with Crippen LogP contribution < -0.4 is 10.2 Å². The van der Waals surface area contributed by atoms with E-state index in [2.05, 4.69) is 35.3 Å². The number of aryl methyl sites for hydroxylation is 1. The zero-order valence-electron chi connectivity index (χ0n) is 21.2. The number of alkyl halides is 2. The van der Waals surface area contributed by atoms with Crippen LogP contribution in [0.25, 0.3) is 0 Å². The van der Waals surface area contributed by atoms with Crippen molar-refractivity contribution >= 4 is 34.8 Å². The van der Waals surface area contributed by atoms with E-state index < -0.39 is 0 Å². The smallest absolute Gasteiger partial charge is 0.224 e. The summed E-state index contributed by atoms with van der Waals surface area (Å²) in [7, 11) is 0. The number of aromatic hydroxyl groups is 1. The molecule has 2 fully saturated rings. The largest absolute Gasteiger partial charge is 0.508 e. The summed E-state index contributed by atoms with van der Waals surface area (Å²) in [6.07, 6.45) is 7.24. The molecule has 5 atom stereocenters. The van der Waals surface area contributed by atoms with Gasteiger partial charge < -0.3 is 15.3 Å². The number of hydrogen-bond acceptors (Lipinski definition) is 3. The minimum atomic E-state index is 0.125. The number of halogens is 2. The van der Waals surface area contributed by atoms with Crippen LogP contribution in [-0.4, -0.2) is 41.9 Å². The van der Waals surface area contributed by atoms with Crippen molar-refractivity contribution in [1.29, 1.82) is 0 Å². The van der Waals surface area contributed by atoms with Crippen molar-refractivity contribution in [2.75, 3.05) is 29.7 Å². The predicted octanol–water partition coefficient (Wildman–Crippen LogP) is 6.26. The van der Waals surface area contributed by atoms with Crippen molar-refractivity contribution in [2.45, 2.75) is 63.8 Å². The molecule has 2 aromatic rings. The van der Waals surface area contributed by atoms with Crippen molar-refractivity contribution in [1.82, 2.24) is 5.32 Å². The number of benzene rings is 2. The molecule has 2 saturated carbocycles. The van der Waals surface area contributed by atoms with E-state index in [0.717, 1.165) is 43.6 Å². The predicted molar refractivity (Wildman–Crippen MR) is 148 cm³/mol. The first-order chi connectivity index (χ1) is 17.4. The molecule has 0 aliphatic heterocycles. The van der Waals surface area contributed by atoms with Gasteiger partial charge in [0.1, 0.15) is 5.75 Å². The average Bonchev–Trinajstić information content (AvgIpc) is 3.20. The van der Waals surface area contributed by atoms with Crippen molar-refractivity contribution in [3.8, 4) is 5.75 Å².